The maximum atomic E-state index is 13.8. The number of nitrogens with zero attached hydrogens (tertiary/aromatic N) is 2. The molecule has 0 radical (unpaired) electrons. The van der Waals surface area contributed by atoms with Crippen LogP contribution in [-0.2, 0) is 9.84 Å². The van der Waals surface area contributed by atoms with Crippen molar-refractivity contribution in [1.82, 2.24) is 4.98 Å². The molecule has 9 heteroatoms. The predicted molar refractivity (Wildman–Crippen MR) is 67.4 cm³/mol. The van der Waals surface area contributed by atoms with Gasteiger partial charge in [0, 0.05) is 18.7 Å². The summed E-state index contributed by atoms with van der Waals surface area (Å²) < 4.78 is 49.9. The van der Waals surface area contributed by atoms with Gasteiger partial charge in [-0.15, -0.1) is 0 Å². The topological polar surface area (TPSA) is 88.3 Å². The molecule has 0 bridgehead atoms. The normalized spacial score (nSPS) is 22.3. The number of pyridine rings is 1. The molecule has 19 heavy (non-hydrogen) atoms. The van der Waals surface area contributed by atoms with Gasteiger partial charge in [-0.25, -0.2) is 28.0 Å². The van der Waals surface area contributed by atoms with Gasteiger partial charge in [0.1, 0.15) is 0 Å². The summed E-state index contributed by atoms with van der Waals surface area (Å²) >= 11 is 0. The number of aromatic nitrogens is 1. The lowest BCUT2D eigenvalue weighted by atomic mass is 10.3. The molecule has 1 aromatic rings. The first-order valence-corrected chi connectivity index (χ1v) is 7.46. The van der Waals surface area contributed by atoms with Gasteiger partial charge >= 0.3 is 0 Å². The van der Waals surface area contributed by atoms with Gasteiger partial charge in [-0.1, -0.05) is 0 Å². The van der Waals surface area contributed by atoms with Gasteiger partial charge in [-0.2, -0.15) is 0 Å². The standard InChI is InChI=1S/C10H14F2N4O2S/c1-6-5-19(17,18)3-2-16(6)10-8(12)4-7(11)9(14-10)15-13/h4,6H,2-3,5,13H2,1H3,(H,14,15). The van der Waals surface area contributed by atoms with E-state index in [0.29, 0.717) is 6.07 Å². The average molecular weight is 292 g/mol. The van der Waals surface area contributed by atoms with Crippen LogP contribution in [-0.4, -0.2) is 37.5 Å². The quantitative estimate of drug-likeness (QED) is 0.601. The number of sulfone groups is 1. The molecule has 0 spiro atoms. The van der Waals surface area contributed by atoms with E-state index >= 15 is 0 Å². The number of nitrogens with one attached hydrogen (secondary N) is 1. The van der Waals surface area contributed by atoms with E-state index in [4.69, 9.17) is 5.84 Å². The number of nitrogen functional groups attached to an aromatic ring is 1. The predicted octanol–water partition coefficient (Wildman–Crippen LogP) is 0.269. The van der Waals surface area contributed by atoms with Crippen molar-refractivity contribution in [3.8, 4) is 0 Å². The van der Waals surface area contributed by atoms with Crippen molar-refractivity contribution in [3.63, 3.8) is 0 Å². The molecule has 1 unspecified atom stereocenters. The molecule has 106 valence electrons. The summed E-state index contributed by atoms with van der Waals surface area (Å²) in [7, 11) is -3.12. The second-order valence-electron chi connectivity index (χ2n) is 4.43. The van der Waals surface area contributed by atoms with E-state index in [0.717, 1.165) is 0 Å². The molecular formula is C10H14F2N4O2S. The lowest BCUT2D eigenvalue weighted by Gasteiger charge is -2.34. The molecule has 6 nitrogen and oxygen atoms in total. The largest absolute Gasteiger partial charge is 0.349 e. The van der Waals surface area contributed by atoms with Gasteiger partial charge in [-0.05, 0) is 6.92 Å². The Hall–Kier alpha value is -1.48. The van der Waals surface area contributed by atoms with Crippen LogP contribution in [0.2, 0.25) is 0 Å². The van der Waals surface area contributed by atoms with Crippen LogP contribution in [0, 0.1) is 11.6 Å². The number of hydrogen-bond donors (Lipinski definition) is 2. The highest BCUT2D eigenvalue weighted by atomic mass is 32.2. The zero-order valence-electron chi connectivity index (χ0n) is 10.2. The molecule has 1 atom stereocenters. The molecule has 1 aliphatic rings. The SMILES string of the molecule is CC1CS(=O)(=O)CCN1c1nc(NN)c(F)cc1F. The fourth-order valence-electron chi connectivity index (χ4n) is 2.07. The van der Waals surface area contributed by atoms with Gasteiger partial charge in [0.2, 0.25) is 0 Å². The summed E-state index contributed by atoms with van der Waals surface area (Å²) in [6, 6.07) is 0.240. The first-order valence-electron chi connectivity index (χ1n) is 5.64. The molecule has 2 rings (SSSR count). The average Bonchev–Trinajstić information content (AvgIpc) is 2.29. The van der Waals surface area contributed by atoms with Crippen LogP contribution in [0.5, 0.6) is 0 Å². The van der Waals surface area contributed by atoms with E-state index in [1.54, 1.807) is 6.92 Å². The lowest BCUT2D eigenvalue weighted by molar-refractivity contribution is 0.544. The van der Waals surface area contributed by atoms with Crippen LogP contribution in [0.15, 0.2) is 6.07 Å². The maximum absolute atomic E-state index is 13.8. The van der Waals surface area contributed by atoms with E-state index in [9.17, 15) is 17.2 Å². The molecule has 1 saturated heterocycles. The maximum Gasteiger partial charge on any atom is 0.178 e. The fraction of sp³-hybridized carbons (Fsp3) is 0.500. The number of halogens is 2. The van der Waals surface area contributed by atoms with Gasteiger partial charge < -0.3 is 10.3 Å². The van der Waals surface area contributed by atoms with Crippen LogP contribution >= 0.6 is 0 Å². The summed E-state index contributed by atoms with van der Waals surface area (Å²) in [6.45, 7) is 1.76. The Labute approximate surface area is 109 Å². The Morgan fingerprint density at radius 3 is 2.74 bits per heavy atom. The van der Waals surface area contributed by atoms with E-state index in [1.165, 1.54) is 4.90 Å². The highest BCUT2D eigenvalue weighted by molar-refractivity contribution is 7.91. The molecule has 0 aliphatic carbocycles. The summed E-state index contributed by atoms with van der Waals surface area (Å²) in [5, 5.41) is 0. The van der Waals surface area contributed by atoms with Crippen molar-refractivity contribution in [2.45, 2.75) is 13.0 Å². The van der Waals surface area contributed by atoms with E-state index in [1.807, 2.05) is 5.43 Å². The smallest absolute Gasteiger partial charge is 0.178 e. The van der Waals surface area contributed by atoms with Crippen LogP contribution in [0.1, 0.15) is 6.92 Å². The number of hydrogen-bond acceptors (Lipinski definition) is 6. The minimum absolute atomic E-state index is 0.0821. The van der Waals surface area contributed by atoms with E-state index in [-0.39, 0.29) is 29.7 Å². The third kappa shape index (κ3) is 2.76. The Morgan fingerprint density at radius 2 is 2.16 bits per heavy atom. The summed E-state index contributed by atoms with van der Waals surface area (Å²) in [5.74, 6) is 2.79. The number of rotatable bonds is 2. The van der Waals surface area contributed by atoms with Crippen molar-refractivity contribution < 1.29 is 17.2 Å². The molecule has 3 N–H and O–H groups in total. The zero-order valence-corrected chi connectivity index (χ0v) is 11.0. The Morgan fingerprint density at radius 1 is 1.47 bits per heavy atom. The van der Waals surface area contributed by atoms with Crippen LogP contribution in [0.25, 0.3) is 0 Å². The van der Waals surface area contributed by atoms with Gasteiger partial charge in [0.05, 0.1) is 11.5 Å². The van der Waals surface area contributed by atoms with Crippen molar-refractivity contribution in [2.24, 2.45) is 5.84 Å². The minimum atomic E-state index is -3.12. The van der Waals surface area contributed by atoms with Crippen LogP contribution < -0.4 is 16.2 Å². The third-order valence-corrected chi connectivity index (χ3v) is 4.79. The van der Waals surface area contributed by atoms with Crippen molar-refractivity contribution in [3.05, 3.63) is 17.7 Å². The van der Waals surface area contributed by atoms with Crippen LogP contribution in [0.4, 0.5) is 20.4 Å². The van der Waals surface area contributed by atoms with Crippen molar-refractivity contribution in [2.75, 3.05) is 28.4 Å². The van der Waals surface area contributed by atoms with E-state index in [2.05, 4.69) is 4.98 Å². The Kier molecular flexibility index (Phi) is 3.59. The molecule has 0 aromatic carbocycles. The van der Waals surface area contributed by atoms with Gasteiger partial charge in [0.25, 0.3) is 0 Å². The lowest BCUT2D eigenvalue weighted by Crippen LogP contribution is -2.47. The summed E-state index contributed by atoms with van der Waals surface area (Å²) in [4.78, 5) is 5.25. The zero-order chi connectivity index (χ0) is 14.2. The molecule has 2 heterocycles. The highest BCUT2D eigenvalue weighted by Gasteiger charge is 2.31. The molecule has 1 fully saturated rings. The van der Waals surface area contributed by atoms with E-state index < -0.39 is 27.5 Å². The van der Waals surface area contributed by atoms with Crippen molar-refractivity contribution in [1.29, 1.82) is 0 Å². The molecule has 1 aliphatic heterocycles. The Balaban J connectivity index is 2.37. The summed E-state index contributed by atoms with van der Waals surface area (Å²) in [5.41, 5.74) is 2.04. The van der Waals surface area contributed by atoms with Crippen LogP contribution in [0.3, 0.4) is 0 Å². The second-order valence-corrected chi connectivity index (χ2v) is 6.65. The molecule has 1 aromatic heterocycles. The Bertz CT molecular complexity index is 593. The summed E-state index contributed by atoms with van der Waals surface area (Å²) in [6.07, 6.45) is 0. The molecule has 0 amide bonds. The number of nitrogens with two attached hydrogens (primary N) is 1. The molecular weight excluding hydrogens is 278 g/mol. The van der Waals surface area contributed by atoms with Gasteiger partial charge in [0.15, 0.2) is 33.1 Å². The minimum Gasteiger partial charge on any atom is -0.349 e. The third-order valence-electron chi connectivity index (χ3n) is 2.99. The van der Waals surface area contributed by atoms with Gasteiger partial charge in [-0.3, -0.25) is 0 Å². The first kappa shape index (κ1) is 13.9. The monoisotopic (exact) mass is 292 g/mol. The number of anilines is 2. The highest BCUT2D eigenvalue weighted by Crippen LogP contribution is 2.25. The molecule has 0 saturated carbocycles. The second kappa shape index (κ2) is 4.89. The van der Waals surface area contributed by atoms with Crippen molar-refractivity contribution >= 4 is 21.5 Å². The first-order chi connectivity index (χ1) is 8.84. The fourth-order valence-corrected chi connectivity index (χ4v) is 3.63. The number of hydrazine groups is 1.